The van der Waals surface area contributed by atoms with Crippen LogP contribution in [-0.4, -0.2) is 12.6 Å². The summed E-state index contributed by atoms with van der Waals surface area (Å²) in [5, 5.41) is 3.66. The van der Waals surface area contributed by atoms with E-state index in [-0.39, 0.29) is 0 Å². The standard InChI is InChI=1S/C12H25N/c1-5-8-12(4,10(2)3)9-13-11-6-7-11/h10-11,13H,5-9H2,1-4H3. The Morgan fingerprint density at radius 1 is 1.38 bits per heavy atom. The van der Waals surface area contributed by atoms with Crippen LogP contribution in [0, 0.1) is 11.3 Å². The molecule has 1 rings (SSSR count). The third-order valence-electron chi connectivity index (χ3n) is 3.59. The summed E-state index contributed by atoms with van der Waals surface area (Å²) in [7, 11) is 0. The summed E-state index contributed by atoms with van der Waals surface area (Å²) < 4.78 is 0. The molecular formula is C12H25N. The van der Waals surface area contributed by atoms with Gasteiger partial charge in [-0.25, -0.2) is 0 Å². The lowest BCUT2D eigenvalue weighted by Gasteiger charge is -2.34. The average Bonchev–Trinajstić information content (AvgIpc) is 2.84. The molecule has 0 aromatic rings. The highest BCUT2D eigenvalue weighted by molar-refractivity contribution is 4.86. The Morgan fingerprint density at radius 3 is 2.38 bits per heavy atom. The highest BCUT2D eigenvalue weighted by atomic mass is 15.0. The highest BCUT2D eigenvalue weighted by Gasteiger charge is 2.30. The van der Waals surface area contributed by atoms with Crippen LogP contribution in [0.4, 0.5) is 0 Å². The second-order valence-corrected chi connectivity index (χ2v) is 5.21. The van der Waals surface area contributed by atoms with Crippen molar-refractivity contribution in [3.63, 3.8) is 0 Å². The van der Waals surface area contributed by atoms with Gasteiger partial charge in [-0.15, -0.1) is 0 Å². The van der Waals surface area contributed by atoms with Crippen LogP contribution in [0.1, 0.15) is 53.4 Å². The van der Waals surface area contributed by atoms with Gasteiger partial charge in [0.05, 0.1) is 0 Å². The molecular weight excluding hydrogens is 158 g/mol. The first-order valence-electron chi connectivity index (χ1n) is 5.82. The summed E-state index contributed by atoms with van der Waals surface area (Å²) in [4.78, 5) is 0. The Hall–Kier alpha value is -0.0400. The minimum atomic E-state index is 0.511. The Kier molecular flexibility index (Phi) is 3.78. The Labute approximate surface area is 83.3 Å². The van der Waals surface area contributed by atoms with Crippen molar-refractivity contribution in [2.45, 2.75) is 59.4 Å². The van der Waals surface area contributed by atoms with E-state index < -0.39 is 0 Å². The third-order valence-corrected chi connectivity index (χ3v) is 3.59. The monoisotopic (exact) mass is 183 g/mol. The molecule has 1 aliphatic carbocycles. The molecule has 0 saturated heterocycles. The zero-order valence-electron chi connectivity index (χ0n) is 9.69. The molecule has 1 fully saturated rings. The number of hydrogen-bond acceptors (Lipinski definition) is 1. The fourth-order valence-corrected chi connectivity index (χ4v) is 1.82. The highest BCUT2D eigenvalue weighted by Crippen LogP contribution is 2.32. The Bertz CT molecular complexity index is 149. The summed E-state index contributed by atoms with van der Waals surface area (Å²) in [6.45, 7) is 10.6. The molecule has 1 heteroatoms. The molecule has 1 atom stereocenters. The van der Waals surface area contributed by atoms with Gasteiger partial charge >= 0.3 is 0 Å². The fourth-order valence-electron chi connectivity index (χ4n) is 1.82. The molecule has 1 saturated carbocycles. The summed E-state index contributed by atoms with van der Waals surface area (Å²) in [6, 6.07) is 0.856. The molecule has 0 spiro atoms. The van der Waals surface area contributed by atoms with Gasteiger partial charge in [-0.1, -0.05) is 34.1 Å². The summed E-state index contributed by atoms with van der Waals surface area (Å²) >= 11 is 0. The lowest BCUT2D eigenvalue weighted by atomic mass is 9.75. The van der Waals surface area contributed by atoms with Gasteiger partial charge in [0, 0.05) is 12.6 Å². The van der Waals surface area contributed by atoms with E-state index in [0.717, 1.165) is 12.0 Å². The zero-order valence-corrected chi connectivity index (χ0v) is 9.69. The molecule has 0 amide bonds. The van der Waals surface area contributed by atoms with Gasteiger partial charge in [-0.3, -0.25) is 0 Å². The summed E-state index contributed by atoms with van der Waals surface area (Å²) in [5.41, 5.74) is 0.511. The number of hydrogen-bond donors (Lipinski definition) is 1. The minimum absolute atomic E-state index is 0.511. The number of nitrogens with one attached hydrogen (secondary N) is 1. The molecule has 0 aromatic heterocycles. The zero-order chi connectivity index (χ0) is 9.90. The number of rotatable bonds is 6. The van der Waals surface area contributed by atoms with Gasteiger partial charge in [-0.05, 0) is 30.6 Å². The fraction of sp³-hybridized carbons (Fsp3) is 1.00. The first-order valence-corrected chi connectivity index (χ1v) is 5.82. The molecule has 78 valence electrons. The first-order chi connectivity index (χ1) is 6.08. The predicted molar refractivity (Wildman–Crippen MR) is 58.9 cm³/mol. The molecule has 13 heavy (non-hydrogen) atoms. The molecule has 1 N–H and O–H groups in total. The van der Waals surface area contributed by atoms with E-state index in [0.29, 0.717) is 5.41 Å². The normalized spacial score (nSPS) is 21.9. The van der Waals surface area contributed by atoms with Gasteiger partial charge in [0.15, 0.2) is 0 Å². The SMILES string of the molecule is CCCC(C)(CNC1CC1)C(C)C. The van der Waals surface area contributed by atoms with Crippen molar-refractivity contribution in [2.24, 2.45) is 11.3 Å². The van der Waals surface area contributed by atoms with E-state index in [1.165, 1.54) is 32.2 Å². The van der Waals surface area contributed by atoms with E-state index in [9.17, 15) is 0 Å². The van der Waals surface area contributed by atoms with E-state index in [1.807, 2.05) is 0 Å². The van der Waals surface area contributed by atoms with E-state index in [4.69, 9.17) is 0 Å². The second kappa shape index (κ2) is 4.45. The molecule has 0 radical (unpaired) electrons. The van der Waals surface area contributed by atoms with Gasteiger partial charge in [0.2, 0.25) is 0 Å². The molecule has 0 bridgehead atoms. The minimum Gasteiger partial charge on any atom is -0.313 e. The quantitative estimate of drug-likeness (QED) is 0.667. The van der Waals surface area contributed by atoms with Crippen LogP contribution in [0.2, 0.25) is 0 Å². The average molecular weight is 183 g/mol. The second-order valence-electron chi connectivity index (χ2n) is 5.21. The molecule has 1 aliphatic rings. The van der Waals surface area contributed by atoms with Crippen molar-refractivity contribution >= 4 is 0 Å². The largest absolute Gasteiger partial charge is 0.313 e. The molecule has 1 nitrogen and oxygen atoms in total. The Morgan fingerprint density at radius 2 is 2.00 bits per heavy atom. The lowest BCUT2D eigenvalue weighted by Crippen LogP contribution is -2.37. The van der Waals surface area contributed by atoms with Crippen LogP contribution in [-0.2, 0) is 0 Å². The Balaban J connectivity index is 2.34. The summed E-state index contributed by atoms with van der Waals surface area (Å²) in [5.74, 6) is 0.790. The van der Waals surface area contributed by atoms with Gasteiger partial charge in [0.25, 0.3) is 0 Å². The molecule has 0 heterocycles. The van der Waals surface area contributed by atoms with Crippen molar-refractivity contribution in [3.05, 3.63) is 0 Å². The maximum absolute atomic E-state index is 3.66. The molecule has 1 unspecified atom stereocenters. The molecule has 0 aliphatic heterocycles. The predicted octanol–water partition coefficient (Wildman–Crippen LogP) is 3.20. The topological polar surface area (TPSA) is 12.0 Å². The first kappa shape index (κ1) is 11.0. The van der Waals surface area contributed by atoms with Crippen molar-refractivity contribution in [1.82, 2.24) is 5.32 Å². The van der Waals surface area contributed by atoms with Gasteiger partial charge in [-0.2, -0.15) is 0 Å². The van der Waals surface area contributed by atoms with Crippen LogP contribution < -0.4 is 5.32 Å². The van der Waals surface area contributed by atoms with Gasteiger partial charge < -0.3 is 5.32 Å². The van der Waals surface area contributed by atoms with Crippen LogP contribution >= 0.6 is 0 Å². The van der Waals surface area contributed by atoms with Crippen molar-refractivity contribution in [3.8, 4) is 0 Å². The molecule has 0 aromatic carbocycles. The van der Waals surface area contributed by atoms with Crippen molar-refractivity contribution < 1.29 is 0 Å². The maximum atomic E-state index is 3.66. The van der Waals surface area contributed by atoms with Crippen LogP contribution in [0.15, 0.2) is 0 Å². The van der Waals surface area contributed by atoms with Crippen molar-refractivity contribution in [1.29, 1.82) is 0 Å². The van der Waals surface area contributed by atoms with E-state index >= 15 is 0 Å². The van der Waals surface area contributed by atoms with E-state index in [1.54, 1.807) is 0 Å². The van der Waals surface area contributed by atoms with Crippen LogP contribution in [0.5, 0.6) is 0 Å². The summed E-state index contributed by atoms with van der Waals surface area (Å²) in [6.07, 6.45) is 5.46. The van der Waals surface area contributed by atoms with Crippen molar-refractivity contribution in [2.75, 3.05) is 6.54 Å². The van der Waals surface area contributed by atoms with Gasteiger partial charge in [0.1, 0.15) is 0 Å². The van der Waals surface area contributed by atoms with Crippen LogP contribution in [0.3, 0.4) is 0 Å². The van der Waals surface area contributed by atoms with Crippen LogP contribution in [0.25, 0.3) is 0 Å². The lowest BCUT2D eigenvalue weighted by molar-refractivity contribution is 0.188. The smallest absolute Gasteiger partial charge is 0.00684 e. The van der Waals surface area contributed by atoms with E-state index in [2.05, 4.69) is 33.0 Å². The maximum Gasteiger partial charge on any atom is 0.00684 e. The third kappa shape index (κ3) is 3.30.